The molecule has 0 aliphatic heterocycles. The minimum Gasteiger partial charge on any atom is -0.497 e. The van der Waals surface area contributed by atoms with E-state index in [0.717, 1.165) is 22.6 Å². The number of hydrogen-bond acceptors (Lipinski definition) is 5. The van der Waals surface area contributed by atoms with Crippen LogP contribution in [0.4, 0.5) is 10.5 Å². The molecule has 3 rings (SSSR count). The van der Waals surface area contributed by atoms with E-state index < -0.39 is 0 Å². The summed E-state index contributed by atoms with van der Waals surface area (Å²) in [7, 11) is 5.61. The van der Waals surface area contributed by atoms with Crippen LogP contribution >= 0.6 is 0 Å². The first-order valence-electron chi connectivity index (χ1n) is 10.1. The summed E-state index contributed by atoms with van der Waals surface area (Å²) in [5, 5.41) is 5.84. The summed E-state index contributed by atoms with van der Waals surface area (Å²) >= 11 is 0. The SMILES string of the molecule is COc1cccc(C(CNC(=O)Nc2cccc(COCc3ccco3)c2)N(C)C)c1. The lowest BCUT2D eigenvalue weighted by molar-refractivity contribution is 0.0930. The molecular formula is C24H29N3O4. The largest absolute Gasteiger partial charge is 0.497 e. The van der Waals surface area contributed by atoms with E-state index in [0.29, 0.717) is 25.4 Å². The predicted octanol–water partition coefficient (Wildman–Crippen LogP) is 4.43. The van der Waals surface area contributed by atoms with Crippen molar-refractivity contribution < 1.29 is 18.7 Å². The van der Waals surface area contributed by atoms with Gasteiger partial charge >= 0.3 is 6.03 Å². The number of nitrogens with zero attached hydrogens (tertiary/aromatic N) is 1. The maximum atomic E-state index is 12.5. The minimum atomic E-state index is -0.261. The van der Waals surface area contributed by atoms with Gasteiger partial charge in [0, 0.05) is 12.2 Å². The van der Waals surface area contributed by atoms with Crippen molar-refractivity contribution in [3.05, 3.63) is 83.8 Å². The average Bonchev–Trinajstić information content (AvgIpc) is 3.27. The second-order valence-electron chi connectivity index (χ2n) is 7.36. The second kappa shape index (κ2) is 11.2. The number of rotatable bonds is 10. The third-order valence-electron chi connectivity index (χ3n) is 4.84. The summed E-state index contributed by atoms with van der Waals surface area (Å²) in [4.78, 5) is 14.5. The molecule has 1 atom stereocenters. The van der Waals surface area contributed by atoms with Crippen LogP contribution in [0.1, 0.15) is 22.9 Å². The molecule has 0 aliphatic rings. The standard InChI is InChI=1S/C24H29N3O4/c1-27(2)23(19-8-5-10-21(14-19)29-3)15-25-24(28)26-20-9-4-7-18(13-20)16-30-17-22-11-6-12-31-22/h4-14,23H,15-17H2,1-3H3,(H2,25,26,28). The molecule has 0 bridgehead atoms. The molecule has 7 heteroatoms. The van der Waals surface area contributed by atoms with Crippen molar-refractivity contribution in [3.8, 4) is 5.75 Å². The highest BCUT2D eigenvalue weighted by molar-refractivity contribution is 5.89. The van der Waals surface area contributed by atoms with Crippen LogP contribution in [0.15, 0.2) is 71.3 Å². The summed E-state index contributed by atoms with van der Waals surface area (Å²) in [6, 6.07) is 18.9. The van der Waals surface area contributed by atoms with Gasteiger partial charge in [-0.2, -0.15) is 0 Å². The molecule has 0 saturated heterocycles. The molecule has 164 valence electrons. The molecule has 0 spiro atoms. The van der Waals surface area contributed by atoms with Crippen molar-refractivity contribution in [3.63, 3.8) is 0 Å². The van der Waals surface area contributed by atoms with Gasteiger partial charge in [0.15, 0.2) is 0 Å². The summed E-state index contributed by atoms with van der Waals surface area (Å²) in [5.41, 5.74) is 2.74. The molecule has 0 saturated carbocycles. The van der Waals surface area contributed by atoms with Crippen molar-refractivity contribution in [2.45, 2.75) is 19.3 Å². The van der Waals surface area contributed by atoms with E-state index in [-0.39, 0.29) is 12.1 Å². The number of likely N-dealkylation sites (N-methyl/N-ethyl adjacent to an activating group) is 1. The number of benzene rings is 2. The molecule has 0 radical (unpaired) electrons. The highest BCUT2D eigenvalue weighted by Crippen LogP contribution is 2.22. The molecule has 2 amide bonds. The van der Waals surface area contributed by atoms with E-state index in [4.69, 9.17) is 13.9 Å². The Morgan fingerprint density at radius 1 is 1.06 bits per heavy atom. The van der Waals surface area contributed by atoms with Crippen LogP contribution in [-0.4, -0.2) is 38.7 Å². The van der Waals surface area contributed by atoms with Gasteiger partial charge in [-0.25, -0.2) is 4.79 Å². The van der Waals surface area contributed by atoms with Crippen LogP contribution in [0.3, 0.4) is 0 Å². The Kier molecular flexibility index (Phi) is 8.09. The molecule has 3 aromatic rings. The number of ether oxygens (including phenoxy) is 2. The van der Waals surface area contributed by atoms with E-state index in [9.17, 15) is 4.79 Å². The third kappa shape index (κ3) is 6.87. The lowest BCUT2D eigenvalue weighted by Gasteiger charge is -2.25. The number of anilines is 1. The minimum absolute atomic E-state index is 0.0159. The average molecular weight is 424 g/mol. The monoisotopic (exact) mass is 423 g/mol. The van der Waals surface area contributed by atoms with E-state index >= 15 is 0 Å². The number of methoxy groups -OCH3 is 1. The maximum absolute atomic E-state index is 12.5. The number of hydrogen-bond donors (Lipinski definition) is 2. The quantitative estimate of drug-likeness (QED) is 0.505. The van der Waals surface area contributed by atoms with Crippen molar-refractivity contribution in [2.75, 3.05) is 33.1 Å². The maximum Gasteiger partial charge on any atom is 0.319 e. The van der Waals surface area contributed by atoms with Gasteiger partial charge in [-0.05, 0) is 61.6 Å². The van der Waals surface area contributed by atoms with Crippen LogP contribution in [-0.2, 0) is 18.0 Å². The summed E-state index contributed by atoms with van der Waals surface area (Å²) in [5.74, 6) is 1.57. The van der Waals surface area contributed by atoms with E-state index in [1.165, 1.54) is 0 Å². The number of furan rings is 1. The van der Waals surface area contributed by atoms with Gasteiger partial charge in [0.25, 0.3) is 0 Å². The number of urea groups is 1. The Morgan fingerprint density at radius 3 is 2.65 bits per heavy atom. The molecule has 31 heavy (non-hydrogen) atoms. The summed E-state index contributed by atoms with van der Waals surface area (Å²) in [6.07, 6.45) is 1.62. The van der Waals surface area contributed by atoms with E-state index in [2.05, 4.69) is 15.5 Å². The van der Waals surface area contributed by atoms with E-state index in [1.54, 1.807) is 13.4 Å². The number of nitrogens with one attached hydrogen (secondary N) is 2. The predicted molar refractivity (Wildman–Crippen MR) is 120 cm³/mol. The van der Waals surface area contributed by atoms with Crippen LogP contribution in [0, 0.1) is 0 Å². The summed E-state index contributed by atoms with van der Waals surface area (Å²) in [6.45, 7) is 1.29. The van der Waals surface area contributed by atoms with Gasteiger partial charge in [0.05, 0.1) is 26.0 Å². The normalized spacial score (nSPS) is 11.9. The fraction of sp³-hybridized carbons (Fsp3) is 0.292. The van der Waals surface area contributed by atoms with E-state index in [1.807, 2.05) is 74.8 Å². The first kappa shape index (κ1) is 22.4. The smallest absolute Gasteiger partial charge is 0.319 e. The molecule has 0 aliphatic carbocycles. The zero-order valence-electron chi connectivity index (χ0n) is 18.1. The van der Waals surface area contributed by atoms with Gasteiger partial charge in [0.1, 0.15) is 18.1 Å². The van der Waals surface area contributed by atoms with Crippen LogP contribution in [0.2, 0.25) is 0 Å². The topological polar surface area (TPSA) is 76.0 Å². The lowest BCUT2D eigenvalue weighted by Crippen LogP contribution is -2.36. The zero-order valence-corrected chi connectivity index (χ0v) is 18.1. The molecular weight excluding hydrogens is 394 g/mol. The van der Waals surface area contributed by atoms with Gasteiger partial charge < -0.3 is 29.4 Å². The van der Waals surface area contributed by atoms with Gasteiger partial charge in [-0.3, -0.25) is 0 Å². The van der Waals surface area contributed by atoms with Gasteiger partial charge in [0.2, 0.25) is 0 Å². The Hall–Kier alpha value is -3.29. The molecule has 0 fully saturated rings. The molecule has 2 N–H and O–H groups in total. The highest BCUT2D eigenvalue weighted by atomic mass is 16.5. The Balaban J connectivity index is 1.52. The van der Waals surface area contributed by atoms with Crippen molar-refractivity contribution in [1.82, 2.24) is 10.2 Å². The Morgan fingerprint density at radius 2 is 1.90 bits per heavy atom. The summed E-state index contributed by atoms with van der Waals surface area (Å²) < 4.78 is 16.2. The molecule has 7 nitrogen and oxygen atoms in total. The van der Waals surface area contributed by atoms with Crippen molar-refractivity contribution in [1.29, 1.82) is 0 Å². The number of carbonyl (C=O) groups excluding carboxylic acids is 1. The molecule has 2 aromatic carbocycles. The second-order valence-corrected chi connectivity index (χ2v) is 7.36. The fourth-order valence-electron chi connectivity index (χ4n) is 3.22. The first-order valence-corrected chi connectivity index (χ1v) is 10.1. The van der Waals surface area contributed by atoms with Gasteiger partial charge in [-0.15, -0.1) is 0 Å². The van der Waals surface area contributed by atoms with Crippen molar-refractivity contribution in [2.24, 2.45) is 0 Å². The Labute approximate surface area is 183 Å². The third-order valence-corrected chi connectivity index (χ3v) is 4.84. The molecule has 1 unspecified atom stereocenters. The number of amides is 2. The zero-order chi connectivity index (χ0) is 22.1. The molecule has 1 heterocycles. The Bertz CT molecular complexity index is 957. The highest BCUT2D eigenvalue weighted by Gasteiger charge is 2.16. The number of carbonyl (C=O) groups is 1. The van der Waals surface area contributed by atoms with Gasteiger partial charge in [-0.1, -0.05) is 24.3 Å². The first-order chi connectivity index (χ1) is 15.0. The van der Waals surface area contributed by atoms with Crippen molar-refractivity contribution >= 4 is 11.7 Å². The van der Waals surface area contributed by atoms with Crippen LogP contribution < -0.4 is 15.4 Å². The molecule has 1 aromatic heterocycles. The van der Waals surface area contributed by atoms with Crippen LogP contribution in [0.25, 0.3) is 0 Å². The lowest BCUT2D eigenvalue weighted by atomic mass is 10.1. The fourth-order valence-corrected chi connectivity index (χ4v) is 3.22. The van der Waals surface area contributed by atoms with Crippen LogP contribution in [0.5, 0.6) is 5.75 Å².